The predicted octanol–water partition coefficient (Wildman–Crippen LogP) is 3.84. The van der Waals surface area contributed by atoms with Crippen molar-refractivity contribution in [2.24, 2.45) is 0 Å². The molecule has 1 saturated carbocycles. The summed E-state index contributed by atoms with van der Waals surface area (Å²) in [4.78, 5) is 17.5. The van der Waals surface area contributed by atoms with Crippen LogP contribution in [0.3, 0.4) is 0 Å². The fourth-order valence-electron chi connectivity index (χ4n) is 4.00. The summed E-state index contributed by atoms with van der Waals surface area (Å²) in [6.45, 7) is 4.41. The molecule has 1 N–H and O–H groups in total. The molecule has 7 heteroatoms. The van der Waals surface area contributed by atoms with Crippen LogP contribution in [0.1, 0.15) is 57.6 Å². The van der Waals surface area contributed by atoms with Crippen molar-refractivity contribution in [1.29, 1.82) is 0 Å². The van der Waals surface area contributed by atoms with Crippen molar-refractivity contribution in [3.63, 3.8) is 0 Å². The maximum Gasteiger partial charge on any atom is 0.338 e. The van der Waals surface area contributed by atoms with Gasteiger partial charge in [-0.15, -0.1) is 0 Å². The van der Waals surface area contributed by atoms with E-state index in [0.29, 0.717) is 18.1 Å². The fraction of sp³-hybridized carbons (Fsp3) is 0.476. The zero-order valence-electron chi connectivity index (χ0n) is 16.4. The first-order valence-corrected chi connectivity index (χ1v) is 9.98. The van der Waals surface area contributed by atoms with Gasteiger partial charge in [0.2, 0.25) is 5.95 Å². The normalized spacial score (nSPS) is 19.7. The van der Waals surface area contributed by atoms with Crippen molar-refractivity contribution < 1.29 is 14.3 Å². The summed E-state index contributed by atoms with van der Waals surface area (Å²) in [5.41, 5.74) is 2.22. The second-order valence-electron chi connectivity index (χ2n) is 7.27. The number of nitrogens with zero attached hydrogens (tertiary/aromatic N) is 3. The number of aromatic nitrogens is 3. The van der Waals surface area contributed by atoms with E-state index in [-0.39, 0.29) is 12.1 Å². The minimum absolute atomic E-state index is 0.00546. The molecule has 2 aliphatic rings. The highest BCUT2D eigenvalue weighted by molar-refractivity contribution is 5.92. The van der Waals surface area contributed by atoms with Crippen LogP contribution in [0.4, 0.5) is 5.95 Å². The van der Waals surface area contributed by atoms with Gasteiger partial charge in [-0.05, 0) is 57.2 Å². The molecule has 148 valence electrons. The molecular formula is C21H26N4O3. The van der Waals surface area contributed by atoms with Crippen molar-refractivity contribution in [3.8, 4) is 5.75 Å². The summed E-state index contributed by atoms with van der Waals surface area (Å²) in [6, 6.07) is 7.36. The second kappa shape index (κ2) is 8.04. The summed E-state index contributed by atoms with van der Waals surface area (Å²) < 4.78 is 13.3. The third-order valence-electron chi connectivity index (χ3n) is 5.33. The van der Waals surface area contributed by atoms with Crippen molar-refractivity contribution in [3.05, 3.63) is 47.4 Å². The molecule has 0 amide bonds. The number of carbonyl (C=O) groups excluding carboxylic acids is 1. The van der Waals surface area contributed by atoms with Crippen molar-refractivity contribution in [1.82, 2.24) is 14.8 Å². The zero-order valence-corrected chi connectivity index (χ0v) is 16.4. The van der Waals surface area contributed by atoms with E-state index in [4.69, 9.17) is 9.47 Å². The molecule has 0 spiro atoms. The number of esters is 1. The van der Waals surface area contributed by atoms with E-state index in [2.05, 4.69) is 15.4 Å². The third kappa shape index (κ3) is 3.61. The van der Waals surface area contributed by atoms with Crippen LogP contribution in [-0.2, 0) is 9.53 Å². The van der Waals surface area contributed by atoms with Gasteiger partial charge < -0.3 is 14.8 Å². The molecule has 0 saturated heterocycles. The van der Waals surface area contributed by atoms with Crippen LogP contribution in [0, 0.1) is 0 Å². The smallest absolute Gasteiger partial charge is 0.338 e. The largest absolute Gasteiger partial charge is 0.494 e. The molecule has 7 nitrogen and oxygen atoms in total. The topological polar surface area (TPSA) is 78.3 Å². The molecule has 1 aliphatic carbocycles. The highest BCUT2D eigenvalue weighted by atomic mass is 16.5. The van der Waals surface area contributed by atoms with Crippen molar-refractivity contribution >= 4 is 11.9 Å². The Hall–Kier alpha value is -2.83. The van der Waals surface area contributed by atoms with Gasteiger partial charge in [0.1, 0.15) is 24.2 Å². The van der Waals surface area contributed by atoms with Crippen molar-refractivity contribution in [2.75, 3.05) is 11.9 Å². The summed E-state index contributed by atoms with van der Waals surface area (Å²) >= 11 is 0. The van der Waals surface area contributed by atoms with Gasteiger partial charge in [0.25, 0.3) is 0 Å². The van der Waals surface area contributed by atoms with E-state index in [1.54, 1.807) is 4.68 Å². The number of carbonyl (C=O) groups is 1. The minimum Gasteiger partial charge on any atom is -0.494 e. The van der Waals surface area contributed by atoms with E-state index < -0.39 is 6.04 Å². The van der Waals surface area contributed by atoms with Crippen LogP contribution >= 0.6 is 0 Å². The van der Waals surface area contributed by atoms with Crippen LogP contribution in [0.5, 0.6) is 5.75 Å². The second-order valence-corrected chi connectivity index (χ2v) is 7.27. The average Bonchev–Trinajstić information content (AvgIpc) is 3.16. The van der Waals surface area contributed by atoms with Crippen LogP contribution < -0.4 is 10.1 Å². The highest BCUT2D eigenvalue weighted by Gasteiger charge is 2.35. The van der Waals surface area contributed by atoms with Gasteiger partial charge in [-0.2, -0.15) is 10.1 Å². The molecule has 0 radical (unpaired) electrons. The number of hydrogen-bond donors (Lipinski definition) is 1. The number of rotatable bonds is 5. The molecule has 1 aliphatic heterocycles. The van der Waals surface area contributed by atoms with E-state index >= 15 is 0 Å². The summed E-state index contributed by atoms with van der Waals surface area (Å²) in [5, 5.41) is 7.55. The minimum atomic E-state index is -0.407. The molecule has 0 bridgehead atoms. The lowest BCUT2D eigenvalue weighted by Crippen LogP contribution is -2.32. The van der Waals surface area contributed by atoms with Gasteiger partial charge in [-0.3, -0.25) is 0 Å². The first kappa shape index (κ1) is 18.5. The maximum absolute atomic E-state index is 13.2. The number of hydrogen-bond acceptors (Lipinski definition) is 6. The Morgan fingerprint density at radius 1 is 1.29 bits per heavy atom. The molecule has 4 rings (SSSR count). The fourth-order valence-corrected chi connectivity index (χ4v) is 4.00. The molecular weight excluding hydrogens is 356 g/mol. The number of benzene rings is 1. The quantitative estimate of drug-likeness (QED) is 0.792. The Balaban J connectivity index is 1.70. The Morgan fingerprint density at radius 3 is 2.89 bits per heavy atom. The Kier molecular flexibility index (Phi) is 5.32. The highest BCUT2D eigenvalue weighted by Crippen LogP contribution is 2.37. The van der Waals surface area contributed by atoms with Crippen LogP contribution in [0.15, 0.2) is 41.9 Å². The van der Waals surface area contributed by atoms with Gasteiger partial charge in [0.15, 0.2) is 0 Å². The lowest BCUT2D eigenvalue weighted by Gasteiger charge is -2.30. The lowest BCUT2D eigenvalue weighted by molar-refractivity contribution is -0.146. The third-order valence-corrected chi connectivity index (χ3v) is 5.33. The molecule has 1 unspecified atom stereocenters. The van der Waals surface area contributed by atoms with Crippen LogP contribution in [0.2, 0.25) is 0 Å². The molecule has 1 aromatic heterocycles. The van der Waals surface area contributed by atoms with E-state index in [1.165, 1.54) is 12.7 Å². The van der Waals surface area contributed by atoms with Gasteiger partial charge in [0.05, 0.1) is 12.2 Å². The van der Waals surface area contributed by atoms with Gasteiger partial charge in [-0.1, -0.05) is 18.6 Å². The molecule has 1 atom stereocenters. The lowest BCUT2D eigenvalue weighted by atomic mass is 9.94. The first-order valence-electron chi connectivity index (χ1n) is 9.98. The molecule has 2 heterocycles. The molecule has 28 heavy (non-hydrogen) atoms. The average molecular weight is 382 g/mol. The number of anilines is 1. The van der Waals surface area contributed by atoms with Gasteiger partial charge in [-0.25, -0.2) is 9.48 Å². The van der Waals surface area contributed by atoms with E-state index in [9.17, 15) is 4.79 Å². The van der Waals surface area contributed by atoms with Crippen LogP contribution in [-0.4, -0.2) is 33.4 Å². The number of ether oxygens (including phenoxy) is 2. The Labute approximate surface area is 164 Å². The summed E-state index contributed by atoms with van der Waals surface area (Å²) in [6.07, 6.45) is 6.79. The standard InChI is InChI=1S/C21H26N4O3/c1-3-27-17-11-7-8-15(12-17)19-18(14(2)24-21-22-13-23-25(19)21)20(26)28-16-9-5-4-6-10-16/h7-8,11-13,16,19H,3-6,9-10H2,1-2H3,(H,22,23,24). The SMILES string of the molecule is CCOc1cccc(C2C(C(=O)OC3CCCCC3)=C(C)Nc3ncnn32)c1. The van der Waals surface area contributed by atoms with Crippen molar-refractivity contribution in [2.45, 2.75) is 58.1 Å². The maximum atomic E-state index is 13.2. The number of fused-ring (bicyclic) bond motifs is 1. The Bertz CT molecular complexity index is 883. The number of allylic oxidation sites excluding steroid dienone is 1. The Morgan fingerprint density at radius 2 is 2.11 bits per heavy atom. The van der Waals surface area contributed by atoms with E-state index in [0.717, 1.165) is 42.7 Å². The first-order chi connectivity index (χ1) is 13.7. The van der Waals surface area contributed by atoms with Crippen LogP contribution in [0.25, 0.3) is 0 Å². The van der Waals surface area contributed by atoms with E-state index in [1.807, 2.05) is 38.1 Å². The molecule has 1 aromatic carbocycles. The predicted molar refractivity (Wildman–Crippen MR) is 105 cm³/mol. The summed E-state index contributed by atoms with van der Waals surface area (Å²) in [5.74, 6) is 1.08. The summed E-state index contributed by atoms with van der Waals surface area (Å²) in [7, 11) is 0. The van der Waals surface area contributed by atoms with Gasteiger partial charge >= 0.3 is 5.97 Å². The number of nitrogens with one attached hydrogen (secondary N) is 1. The zero-order chi connectivity index (χ0) is 19.5. The molecule has 1 fully saturated rings. The van der Waals surface area contributed by atoms with Gasteiger partial charge in [0, 0.05) is 5.70 Å². The monoisotopic (exact) mass is 382 g/mol. The molecule has 2 aromatic rings.